The summed E-state index contributed by atoms with van der Waals surface area (Å²) in [6.07, 6.45) is 0. The van der Waals surface area contributed by atoms with Gasteiger partial charge in [-0.2, -0.15) is 0 Å². The van der Waals surface area contributed by atoms with Gasteiger partial charge in [0.05, 0.1) is 6.61 Å². The van der Waals surface area contributed by atoms with E-state index in [1.165, 1.54) is 0 Å². The third-order valence-corrected chi connectivity index (χ3v) is 1.72. The van der Waals surface area contributed by atoms with Gasteiger partial charge in [0.25, 0.3) is 0 Å². The summed E-state index contributed by atoms with van der Waals surface area (Å²) in [5, 5.41) is 0. The Morgan fingerprint density at radius 2 is 1.78 bits per heavy atom. The zero-order chi connectivity index (χ0) is 6.62. The van der Waals surface area contributed by atoms with Crippen LogP contribution in [0.2, 0.25) is 0 Å². The van der Waals surface area contributed by atoms with Crippen LogP contribution in [0.1, 0.15) is 0 Å². The first-order valence-corrected chi connectivity index (χ1v) is 3.63. The molecular formula is C4H8Br2NiO2. The molecule has 0 aromatic carbocycles. The molecule has 2 nitrogen and oxygen atoms in total. The minimum atomic E-state index is -0.505. The number of hydrogen-bond donors (Lipinski definition) is 0. The summed E-state index contributed by atoms with van der Waals surface area (Å²) in [5.74, 6) is 0. The topological polar surface area (TPSA) is 18.5 Å². The summed E-state index contributed by atoms with van der Waals surface area (Å²) in [4.78, 5) is 0. The molecule has 0 spiro atoms. The third kappa shape index (κ3) is 7.27. The maximum Gasteiger partial charge on any atom is 0.200 e. The average Bonchev–Trinajstić information content (AvgIpc) is 1.67. The van der Waals surface area contributed by atoms with Crippen molar-refractivity contribution in [2.75, 3.05) is 20.8 Å². The van der Waals surface area contributed by atoms with Crippen LogP contribution in [0.15, 0.2) is 0 Å². The minimum Gasteiger partial charge on any atom is -0.380 e. The second-order valence-corrected chi connectivity index (χ2v) is 4.90. The number of halogens is 2. The molecule has 0 bridgehead atoms. The van der Waals surface area contributed by atoms with Gasteiger partial charge >= 0.3 is 0 Å². The molecule has 0 aromatic rings. The Balaban J connectivity index is 0. The Hall–Kier alpha value is 1.37. The fourth-order valence-electron chi connectivity index (χ4n) is 0.227. The molecule has 0 N–H and O–H groups in total. The van der Waals surface area contributed by atoms with Crippen molar-refractivity contribution in [1.82, 2.24) is 0 Å². The molecule has 0 aromatic heterocycles. The summed E-state index contributed by atoms with van der Waals surface area (Å²) < 4.78 is 9.16. The van der Waals surface area contributed by atoms with Crippen LogP contribution < -0.4 is 0 Å². The molecule has 0 aliphatic heterocycles. The van der Waals surface area contributed by atoms with E-state index in [-0.39, 0.29) is 16.5 Å². The van der Waals surface area contributed by atoms with Crippen LogP contribution in [0, 0.1) is 0 Å². The van der Waals surface area contributed by atoms with E-state index < -0.39 is 3.42 Å². The molecule has 0 amide bonds. The Morgan fingerprint density at radius 3 is 1.89 bits per heavy atom. The summed E-state index contributed by atoms with van der Waals surface area (Å²) in [6.45, 7) is 0.476. The smallest absolute Gasteiger partial charge is 0.200 e. The normalized spacial score (nSPS) is 10.7. The first kappa shape index (κ1) is 13.0. The SMILES string of the molecule is COCC(Br)(Br)OC.[Ni]. The Bertz CT molecular complexity index is 69.6. The van der Waals surface area contributed by atoms with Gasteiger partial charge in [0.1, 0.15) is 0 Å². The number of methoxy groups -OCH3 is 2. The van der Waals surface area contributed by atoms with Gasteiger partial charge in [-0.05, 0) is 31.9 Å². The van der Waals surface area contributed by atoms with Gasteiger partial charge in [-0.25, -0.2) is 0 Å². The molecular weight excluding hydrogens is 299 g/mol. The fraction of sp³-hybridized carbons (Fsp3) is 1.00. The summed E-state index contributed by atoms with van der Waals surface area (Å²) in [5.41, 5.74) is 0. The quantitative estimate of drug-likeness (QED) is 0.584. The van der Waals surface area contributed by atoms with E-state index in [0.29, 0.717) is 6.61 Å². The third-order valence-electron chi connectivity index (χ3n) is 0.611. The summed E-state index contributed by atoms with van der Waals surface area (Å²) >= 11 is 6.42. The van der Waals surface area contributed by atoms with E-state index >= 15 is 0 Å². The monoisotopic (exact) mass is 304 g/mol. The molecule has 0 saturated carbocycles. The van der Waals surface area contributed by atoms with Crippen molar-refractivity contribution >= 4 is 31.9 Å². The maximum absolute atomic E-state index is 4.89. The zero-order valence-corrected chi connectivity index (χ0v) is 9.26. The van der Waals surface area contributed by atoms with E-state index in [2.05, 4.69) is 31.9 Å². The van der Waals surface area contributed by atoms with Crippen LogP contribution in [0.4, 0.5) is 0 Å². The first-order valence-electron chi connectivity index (χ1n) is 2.04. The number of rotatable bonds is 3. The summed E-state index contributed by atoms with van der Waals surface area (Å²) in [7, 11) is 3.19. The van der Waals surface area contributed by atoms with Gasteiger partial charge in [0.2, 0.25) is 3.42 Å². The van der Waals surface area contributed by atoms with Gasteiger partial charge in [0.15, 0.2) is 0 Å². The van der Waals surface area contributed by atoms with Gasteiger partial charge in [-0.1, -0.05) is 0 Å². The van der Waals surface area contributed by atoms with Gasteiger partial charge in [-0.3, -0.25) is 0 Å². The zero-order valence-electron chi connectivity index (χ0n) is 5.10. The van der Waals surface area contributed by atoms with Crippen molar-refractivity contribution in [2.24, 2.45) is 0 Å². The van der Waals surface area contributed by atoms with E-state index in [0.717, 1.165) is 0 Å². The second kappa shape index (κ2) is 6.11. The fourth-order valence-corrected chi connectivity index (χ4v) is 0.685. The van der Waals surface area contributed by atoms with Crippen molar-refractivity contribution in [1.29, 1.82) is 0 Å². The Labute approximate surface area is 81.8 Å². The van der Waals surface area contributed by atoms with E-state index in [1.807, 2.05) is 0 Å². The van der Waals surface area contributed by atoms with Crippen LogP contribution in [-0.2, 0) is 26.0 Å². The Kier molecular flexibility index (Phi) is 8.82. The molecule has 0 saturated heterocycles. The number of hydrogen-bond acceptors (Lipinski definition) is 2. The predicted molar refractivity (Wildman–Crippen MR) is 39.5 cm³/mol. The summed E-state index contributed by atoms with van der Waals surface area (Å²) in [6, 6.07) is 0. The largest absolute Gasteiger partial charge is 0.380 e. The van der Waals surface area contributed by atoms with Crippen molar-refractivity contribution < 1.29 is 26.0 Å². The standard InChI is InChI=1S/C4H8Br2O2.Ni/c1-7-3-4(5,6)8-2;/h3H2,1-2H3;. The van der Waals surface area contributed by atoms with Crippen LogP contribution in [0.5, 0.6) is 0 Å². The molecule has 0 radical (unpaired) electrons. The first-order chi connectivity index (χ1) is 3.62. The van der Waals surface area contributed by atoms with Crippen LogP contribution >= 0.6 is 31.9 Å². The average molecular weight is 307 g/mol. The van der Waals surface area contributed by atoms with Crippen LogP contribution in [0.3, 0.4) is 0 Å². The van der Waals surface area contributed by atoms with Crippen molar-refractivity contribution in [3.05, 3.63) is 0 Å². The molecule has 0 rings (SSSR count). The maximum atomic E-state index is 4.89. The second-order valence-electron chi connectivity index (χ2n) is 1.27. The molecule has 5 heteroatoms. The molecule has 0 unspecified atom stereocenters. The van der Waals surface area contributed by atoms with E-state index in [1.54, 1.807) is 14.2 Å². The van der Waals surface area contributed by atoms with E-state index in [9.17, 15) is 0 Å². The Morgan fingerprint density at radius 1 is 1.33 bits per heavy atom. The molecule has 0 aliphatic rings. The van der Waals surface area contributed by atoms with Gasteiger partial charge in [-0.15, -0.1) is 0 Å². The van der Waals surface area contributed by atoms with Crippen molar-refractivity contribution in [3.63, 3.8) is 0 Å². The molecule has 0 atom stereocenters. The molecule has 9 heavy (non-hydrogen) atoms. The van der Waals surface area contributed by atoms with E-state index in [4.69, 9.17) is 9.47 Å². The molecule has 0 aliphatic carbocycles. The number of alkyl halides is 2. The van der Waals surface area contributed by atoms with Gasteiger partial charge < -0.3 is 9.47 Å². The van der Waals surface area contributed by atoms with Crippen LogP contribution in [-0.4, -0.2) is 24.2 Å². The van der Waals surface area contributed by atoms with Gasteiger partial charge in [0, 0.05) is 30.7 Å². The van der Waals surface area contributed by atoms with Crippen molar-refractivity contribution in [3.8, 4) is 0 Å². The molecule has 0 heterocycles. The molecule has 0 fully saturated rings. The minimum absolute atomic E-state index is 0. The van der Waals surface area contributed by atoms with Crippen molar-refractivity contribution in [2.45, 2.75) is 3.42 Å². The predicted octanol–water partition coefficient (Wildman–Crippen LogP) is 1.72. The number of ether oxygens (including phenoxy) is 2. The molecule has 60 valence electrons. The van der Waals surface area contributed by atoms with Crippen LogP contribution in [0.25, 0.3) is 0 Å².